The quantitative estimate of drug-likeness (QED) is 0.220. The molecule has 0 aliphatic heterocycles. The molecule has 0 saturated carbocycles. The molecule has 0 aliphatic carbocycles. The summed E-state index contributed by atoms with van der Waals surface area (Å²) in [5.41, 5.74) is 5.24. The number of aliphatic hydroxyl groups is 2. The second-order valence-electron chi connectivity index (χ2n) is 3.28. The Kier molecular flexibility index (Phi) is 13.6. The van der Waals surface area contributed by atoms with E-state index in [2.05, 4.69) is 5.32 Å². The first-order valence-electron chi connectivity index (χ1n) is 5.77. The minimum atomic E-state index is -0.720. The SMILES string of the molecule is NCCOCCOCC(O)NCCOCCO. The number of hydrogen-bond acceptors (Lipinski definition) is 7. The molecule has 0 aliphatic rings. The predicted octanol–water partition coefficient (Wildman–Crippen LogP) is -2.10. The lowest BCUT2D eigenvalue weighted by molar-refractivity contribution is -0.00969. The van der Waals surface area contributed by atoms with E-state index in [0.29, 0.717) is 46.1 Å². The molecule has 0 aromatic heterocycles. The van der Waals surface area contributed by atoms with Crippen LogP contribution in [0.3, 0.4) is 0 Å². The van der Waals surface area contributed by atoms with Gasteiger partial charge in [-0.3, -0.25) is 5.32 Å². The van der Waals surface area contributed by atoms with Gasteiger partial charge in [0.25, 0.3) is 0 Å². The van der Waals surface area contributed by atoms with Crippen molar-refractivity contribution in [2.75, 3.05) is 59.3 Å². The van der Waals surface area contributed by atoms with Gasteiger partial charge in [-0.25, -0.2) is 0 Å². The van der Waals surface area contributed by atoms with Gasteiger partial charge < -0.3 is 30.2 Å². The average molecular weight is 252 g/mol. The third kappa shape index (κ3) is 13.7. The minimum Gasteiger partial charge on any atom is -0.394 e. The highest BCUT2D eigenvalue weighted by Crippen LogP contribution is 1.83. The van der Waals surface area contributed by atoms with Gasteiger partial charge in [0.2, 0.25) is 0 Å². The lowest BCUT2D eigenvalue weighted by Gasteiger charge is -2.13. The Balaban J connectivity index is 3.09. The Labute approximate surface area is 102 Å². The van der Waals surface area contributed by atoms with Crippen LogP contribution in [0.15, 0.2) is 0 Å². The molecular formula is C10H24N2O5. The lowest BCUT2D eigenvalue weighted by Crippen LogP contribution is -2.36. The van der Waals surface area contributed by atoms with Crippen LogP contribution in [0.4, 0.5) is 0 Å². The molecule has 0 rings (SSSR count). The topological polar surface area (TPSA) is 106 Å². The fourth-order valence-corrected chi connectivity index (χ4v) is 1.02. The fraction of sp³-hybridized carbons (Fsp3) is 1.00. The van der Waals surface area contributed by atoms with Crippen molar-refractivity contribution in [2.45, 2.75) is 6.23 Å². The van der Waals surface area contributed by atoms with Crippen LogP contribution in [-0.2, 0) is 14.2 Å². The molecule has 1 unspecified atom stereocenters. The first kappa shape index (κ1) is 16.7. The molecule has 0 aromatic rings. The molecule has 7 nitrogen and oxygen atoms in total. The van der Waals surface area contributed by atoms with Gasteiger partial charge in [-0.1, -0.05) is 0 Å². The predicted molar refractivity (Wildman–Crippen MR) is 62.6 cm³/mol. The summed E-state index contributed by atoms with van der Waals surface area (Å²) in [4.78, 5) is 0. The van der Waals surface area contributed by atoms with Crippen LogP contribution in [0.5, 0.6) is 0 Å². The normalized spacial score (nSPS) is 12.9. The second kappa shape index (κ2) is 13.8. The van der Waals surface area contributed by atoms with Crippen LogP contribution in [-0.4, -0.2) is 75.8 Å². The van der Waals surface area contributed by atoms with Crippen LogP contribution in [0, 0.1) is 0 Å². The highest BCUT2D eigenvalue weighted by Gasteiger charge is 2.02. The number of nitrogens with one attached hydrogen (secondary N) is 1. The van der Waals surface area contributed by atoms with Crippen LogP contribution in [0.1, 0.15) is 0 Å². The molecular weight excluding hydrogens is 228 g/mol. The van der Waals surface area contributed by atoms with E-state index in [1.54, 1.807) is 0 Å². The van der Waals surface area contributed by atoms with Crippen LogP contribution < -0.4 is 11.1 Å². The molecule has 17 heavy (non-hydrogen) atoms. The maximum atomic E-state index is 9.41. The number of nitrogens with two attached hydrogens (primary N) is 1. The van der Waals surface area contributed by atoms with E-state index >= 15 is 0 Å². The summed E-state index contributed by atoms with van der Waals surface area (Å²) < 4.78 is 15.3. The maximum Gasteiger partial charge on any atom is 0.128 e. The Hall–Kier alpha value is -0.280. The molecule has 5 N–H and O–H groups in total. The molecule has 0 spiro atoms. The Morgan fingerprint density at radius 1 is 1.00 bits per heavy atom. The fourth-order valence-electron chi connectivity index (χ4n) is 1.02. The number of ether oxygens (including phenoxy) is 3. The van der Waals surface area contributed by atoms with Gasteiger partial charge in [0, 0.05) is 13.1 Å². The van der Waals surface area contributed by atoms with Crippen LogP contribution in [0.2, 0.25) is 0 Å². The zero-order valence-electron chi connectivity index (χ0n) is 10.1. The van der Waals surface area contributed by atoms with Gasteiger partial charge in [0.05, 0.1) is 46.2 Å². The van der Waals surface area contributed by atoms with Gasteiger partial charge in [0.15, 0.2) is 0 Å². The summed E-state index contributed by atoms with van der Waals surface area (Å²) in [6.45, 7) is 3.40. The largest absolute Gasteiger partial charge is 0.394 e. The van der Waals surface area contributed by atoms with Crippen molar-refractivity contribution in [3.63, 3.8) is 0 Å². The second-order valence-corrected chi connectivity index (χ2v) is 3.28. The molecule has 7 heteroatoms. The average Bonchev–Trinajstić information content (AvgIpc) is 2.33. The van der Waals surface area contributed by atoms with E-state index < -0.39 is 6.23 Å². The van der Waals surface area contributed by atoms with Crippen molar-refractivity contribution in [1.29, 1.82) is 0 Å². The lowest BCUT2D eigenvalue weighted by atomic mass is 10.5. The summed E-state index contributed by atoms with van der Waals surface area (Å²) >= 11 is 0. The van der Waals surface area contributed by atoms with E-state index in [1.807, 2.05) is 0 Å². The van der Waals surface area contributed by atoms with Crippen molar-refractivity contribution in [3.05, 3.63) is 0 Å². The van der Waals surface area contributed by atoms with Crippen molar-refractivity contribution in [1.82, 2.24) is 5.32 Å². The number of aliphatic hydroxyl groups excluding tert-OH is 2. The molecule has 0 heterocycles. The smallest absolute Gasteiger partial charge is 0.128 e. The third-order valence-electron chi connectivity index (χ3n) is 1.77. The van der Waals surface area contributed by atoms with E-state index in [-0.39, 0.29) is 13.2 Å². The van der Waals surface area contributed by atoms with E-state index in [4.69, 9.17) is 25.1 Å². The van der Waals surface area contributed by atoms with Crippen molar-refractivity contribution >= 4 is 0 Å². The molecule has 0 radical (unpaired) electrons. The summed E-state index contributed by atoms with van der Waals surface area (Å²) in [7, 11) is 0. The molecule has 0 aromatic carbocycles. The molecule has 104 valence electrons. The first-order valence-corrected chi connectivity index (χ1v) is 5.77. The monoisotopic (exact) mass is 252 g/mol. The van der Waals surface area contributed by atoms with Gasteiger partial charge in [-0.2, -0.15) is 0 Å². The third-order valence-corrected chi connectivity index (χ3v) is 1.77. The summed E-state index contributed by atoms with van der Waals surface area (Å²) in [6, 6.07) is 0. The zero-order chi connectivity index (χ0) is 12.8. The zero-order valence-corrected chi connectivity index (χ0v) is 10.1. The summed E-state index contributed by atoms with van der Waals surface area (Å²) in [6.07, 6.45) is -0.720. The minimum absolute atomic E-state index is 0.00840. The van der Waals surface area contributed by atoms with E-state index in [0.717, 1.165) is 0 Å². The first-order chi connectivity index (χ1) is 8.31. The van der Waals surface area contributed by atoms with Gasteiger partial charge in [-0.05, 0) is 0 Å². The van der Waals surface area contributed by atoms with Gasteiger partial charge >= 0.3 is 0 Å². The van der Waals surface area contributed by atoms with Crippen molar-refractivity contribution in [3.8, 4) is 0 Å². The standard InChI is InChI=1S/C10H24N2O5/c11-1-4-15-7-8-17-9-10(14)12-2-5-16-6-3-13/h10,12-14H,1-9,11H2. The van der Waals surface area contributed by atoms with Gasteiger partial charge in [-0.15, -0.1) is 0 Å². The molecule has 0 saturated heterocycles. The van der Waals surface area contributed by atoms with Crippen molar-refractivity contribution < 1.29 is 24.4 Å². The summed E-state index contributed by atoms with van der Waals surface area (Å²) in [5, 5.41) is 20.7. The molecule has 0 bridgehead atoms. The van der Waals surface area contributed by atoms with E-state index in [9.17, 15) is 5.11 Å². The van der Waals surface area contributed by atoms with Gasteiger partial charge in [0.1, 0.15) is 6.23 Å². The van der Waals surface area contributed by atoms with E-state index in [1.165, 1.54) is 0 Å². The number of hydrogen-bond donors (Lipinski definition) is 4. The van der Waals surface area contributed by atoms with Crippen molar-refractivity contribution in [2.24, 2.45) is 5.73 Å². The Bertz CT molecular complexity index is 151. The highest BCUT2D eigenvalue weighted by molar-refractivity contribution is 4.51. The van der Waals surface area contributed by atoms with Crippen LogP contribution in [0.25, 0.3) is 0 Å². The highest BCUT2D eigenvalue weighted by atomic mass is 16.5. The Morgan fingerprint density at radius 2 is 1.71 bits per heavy atom. The molecule has 1 atom stereocenters. The number of rotatable bonds is 13. The van der Waals surface area contributed by atoms with Crippen LogP contribution >= 0.6 is 0 Å². The molecule has 0 amide bonds. The maximum absolute atomic E-state index is 9.41. The summed E-state index contributed by atoms with van der Waals surface area (Å²) in [5.74, 6) is 0. The Morgan fingerprint density at radius 3 is 2.41 bits per heavy atom. The molecule has 0 fully saturated rings.